The molecule has 0 aromatic heterocycles. The molecule has 36 heavy (non-hydrogen) atoms. The van der Waals surface area contributed by atoms with Crippen LogP contribution < -0.4 is 10.6 Å². The van der Waals surface area contributed by atoms with Crippen LogP contribution in [-0.2, 0) is 0 Å². The van der Waals surface area contributed by atoms with Gasteiger partial charge in [0, 0.05) is 57.9 Å². The average molecular weight is 482 g/mol. The topological polar surface area (TPSA) is 144 Å². The molecule has 0 saturated heterocycles. The molecule has 4 aromatic rings. The van der Waals surface area contributed by atoms with Gasteiger partial charge in [0.15, 0.2) is 0 Å². The number of rotatable bonds is 7. The number of amides is 2. The van der Waals surface area contributed by atoms with Crippen LogP contribution in [0, 0.1) is 20.2 Å². The van der Waals surface area contributed by atoms with Crippen LogP contribution in [0.5, 0.6) is 0 Å². The summed E-state index contributed by atoms with van der Waals surface area (Å²) >= 11 is 0. The van der Waals surface area contributed by atoms with E-state index in [9.17, 15) is 29.8 Å². The fraction of sp³-hybridized carbons (Fsp3) is 0. The molecule has 10 heteroatoms. The monoisotopic (exact) mass is 482 g/mol. The Bertz CT molecular complexity index is 1350. The molecule has 0 spiro atoms. The van der Waals surface area contributed by atoms with E-state index in [1.165, 1.54) is 48.5 Å². The lowest BCUT2D eigenvalue weighted by Gasteiger charge is -2.15. The Balaban J connectivity index is 1.60. The van der Waals surface area contributed by atoms with E-state index in [1.54, 1.807) is 48.5 Å². The van der Waals surface area contributed by atoms with E-state index in [0.29, 0.717) is 22.5 Å². The van der Waals surface area contributed by atoms with Gasteiger partial charge in [-0.2, -0.15) is 0 Å². The number of para-hydroxylation sites is 2. The highest BCUT2D eigenvalue weighted by Gasteiger charge is 2.16. The molecule has 2 amide bonds. The summed E-state index contributed by atoms with van der Waals surface area (Å²) in [5, 5.41) is 27.4. The predicted molar refractivity (Wildman–Crippen MR) is 134 cm³/mol. The molecule has 0 unspecified atom stereocenters. The normalized spacial score (nSPS) is 10.3. The molecule has 2 N–H and O–H groups in total. The third kappa shape index (κ3) is 5.23. The van der Waals surface area contributed by atoms with Gasteiger partial charge in [-0.25, -0.2) is 0 Å². The molecule has 0 fully saturated rings. The van der Waals surface area contributed by atoms with Crippen LogP contribution in [0.3, 0.4) is 0 Å². The van der Waals surface area contributed by atoms with Gasteiger partial charge in [0.1, 0.15) is 0 Å². The van der Waals surface area contributed by atoms with Gasteiger partial charge in [0.2, 0.25) is 0 Å². The highest BCUT2D eigenvalue weighted by molar-refractivity contribution is 6.09. The van der Waals surface area contributed by atoms with Crippen LogP contribution in [0.25, 0.3) is 11.1 Å². The van der Waals surface area contributed by atoms with Gasteiger partial charge in [-0.15, -0.1) is 0 Å². The molecule has 10 nitrogen and oxygen atoms in total. The Labute approximate surface area is 204 Å². The van der Waals surface area contributed by atoms with E-state index in [0.717, 1.165) is 0 Å². The van der Waals surface area contributed by atoms with E-state index < -0.39 is 21.7 Å². The summed E-state index contributed by atoms with van der Waals surface area (Å²) in [5.74, 6) is -0.908. The maximum absolute atomic E-state index is 12.8. The molecular weight excluding hydrogens is 464 g/mol. The maximum atomic E-state index is 12.8. The molecule has 0 bridgehead atoms. The van der Waals surface area contributed by atoms with Gasteiger partial charge in [0.05, 0.1) is 9.85 Å². The number of nitrogens with zero attached hydrogens (tertiary/aromatic N) is 2. The number of carbonyl (C=O) groups is 2. The second-order valence-corrected chi connectivity index (χ2v) is 7.61. The summed E-state index contributed by atoms with van der Waals surface area (Å²) in [6.45, 7) is 0. The lowest BCUT2D eigenvalue weighted by Crippen LogP contribution is -2.14. The minimum Gasteiger partial charge on any atom is -0.321 e. The van der Waals surface area contributed by atoms with Crippen LogP contribution in [0.1, 0.15) is 20.7 Å². The average Bonchev–Trinajstić information content (AvgIpc) is 2.89. The SMILES string of the molecule is O=C(Nc1ccccc1-c1ccccc1NC(=O)c1ccc([N+](=O)[O-])cc1)c1ccc([N+](=O)[O-])cc1. The number of benzene rings is 4. The van der Waals surface area contributed by atoms with Gasteiger partial charge < -0.3 is 10.6 Å². The fourth-order valence-corrected chi connectivity index (χ4v) is 3.51. The zero-order valence-corrected chi connectivity index (χ0v) is 18.6. The number of anilines is 2. The summed E-state index contributed by atoms with van der Waals surface area (Å²) < 4.78 is 0. The smallest absolute Gasteiger partial charge is 0.269 e. The minimum absolute atomic E-state index is 0.121. The van der Waals surface area contributed by atoms with E-state index in [2.05, 4.69) is 10.6 Å². The van der Waals surface area contributed by atoms with Gasteiger partial charge in [-0.05, 0) is 36.4 Å². The Morgan fingerprint density at radius 2 is 0.861 bits per heavy atom. The lowest BCUT2D eigenvalue weighted by atomic mass is 10.0. The van der Waals surface area contributed by atoms with Gasteiger partial charge in [-0.3, -0.25) is 29.8 Å². The van der Waals surface area contributed by atoms with Crippen molar-refractivity contribution in [1.29, 1.82) is 0 Å². The van der Waals surface area contributed by atoms with Crippen molar-refractivity contribution in [2.24, 2.45) is 0 Å². The number of nitrogens with one attached hydrogen (secondary N) is 2. The Kier molecular flexibility index (Phi) is 6.78. The molecule has 0 radical (unpaired) electrons. The zero-order valence-electron chi connectivity index (χ0n) is 18.6. The maximum Gasteiger partial charge on any atom is 0.269 e. The summed E-state index contributed by atoms with van der Waals surface area (Å²) in [6.07, 6.45) is 0. The van der Waals surface area contributed by atoms with Crippen LogP contribution in [0.15, 0.2) is 97.1 Å². The van der Waals surface area contributed by atoms with Crippen molar-refractivity contribution in [3.8, 4) is 11.1 Å². The van der Waals surface area contributed by atoms with Gasteiger partial charge in [-0.1, -0.05) is 36.4 Å². The van der Waals surface area contributed by atoms with Crippen LogP contribution >= 0.6 is 0 Å². The number of hydrogen-bond donors (Lipinski definition) is 2. The zero-order chi connectivity index (χ0) is 25.7. The molecule has 0 saturated carbocycles. The molecular formula is C26H18N4O6. The predicted octanol–water partition coefficient (Wildman–Crippen LogP) is 5.67. The first kappa shape index (κ1) is 23.8. The molecule has 178 valence electrons. The fourth-order valence-electron chi connectivity index (χ4n) is 3.51. The summed E-state index contributed by atoms with van der Waals surface area (Å²) in [7, 11) is 0. The summed E-state index contributed by atoms with van der Waals surface area (Å²) in [5.41, 5.74) is 2.45. The van der Waals surface area contributed by atoms with Crippen molar-refractivity contribution in [2.75, 3.05) is 10.6 Å². The van der Waals surface area contributed by atoms with Gasteiger partial charge >= 0.3 is 0 Å². The number of non-ortho nitro benzene ring substituents is 2. The quantitative estimate of drug-likeness (QED) is 0.256. The first-order chi connectivity index (χ1) is 17.3. The molecule has 0 aliphatic carbocycles. The highest BCUT2D eigenvalue weighted by atomic mass is 16.6. The molecule has 0 aliphatic heterocycles. The van der Waals surface area contributed by atoms with Crippen LogP contribution in [0.2, 0.25) is 0 Å². The molecule has 4 rings (SSSR count). The Morgan fingerprint density at radius 3 is 1.19 bits per heavy atom. The van der Waals surface area contributed by atoms with Crippen molar-refractivity contribution < 1.29 is 19.4 Å². The first-order valence-corrected chi connectivity index (χ1v) is 10.6. The highest BCUT2D eigenvalue weighted by Crippen LogP contribution is 2.34. The molecule has 0 atom stereocenters. The number of carbonyl (C=O) groups excluding carboxylic acids is 2. The first-order valence-electron chi connectivity index (χ1n) is 10.6. The van der Waals surface area contributed by atoms with Crippen LogP contribution in [-0.4, -0.2) is 21.7 Å². The second-order valence-electron chi connectivity index (χ2n) is 7.61. The summed E-state index contributed by atoms with van der Waals surface area (Å²) in [4.78, 5) is 46.2. The van der Waals surface area contributed by atoms with Crippen molar-refractivity contribution in [3.05, 3.63) is 128 Å². The minimum atomic E-state index is -0.543. The standard InChI is InChI=1S/C26H18N4O6/c31-25(17-9-13-19(14-10-17)29(33)34)27-23-7-3-1-5-21(23)22-6-2-4-8-24(22)28-26(32)18-11-15-20(16-12-18)30(35)36/h1-16H,(H,27,31)(H,28,32). The summed E-state index contributed by atoms with van der Waals surface area (Å²) in [6, 6.07) is 24.5. The van der Waals surface area contributed by atoms with Crippen molar-refractivity contribution >= 4 is 34.6 Å². The number of hydrogen-bond acceptors (Lipinski definition) is 6. The molecule has 4 aromatic carbocycles. The Morgan fingerprint density at radius 1 is 0.528 bits per heavy atom. The van der Waals surface area contributed by atoms with E-state index in [1.807, 2.05) is 0 Å². The third-order valence-corrected chi connectivity index (χ3v) is 5.32. The lowest BCUT2D eigenvalue weighted by molar-refractivity contribution is -0.385. The van der Waals surface area contributed by atoms with E-state index in [4.69, 9.17) is 0 Å². The Hall–Kier alpha value is -5.38. The van der Waals surface area contributed by atoms with Crippen molar-refractivity contribution in [2.45, 2.75) is 0 Å². The van der Waals surface area contributed by atoms with Crippen LogP contribution in [0.4, 0.5) is 22.7 Å². The van der Waals surface area contributed by atoms with Crippen molar-refractivity contribution in [3.63, 3.8) is 0 Å². The van der Waals surface area contributed by atoms with E-state index >= 15 is 0 Å². The van der Waals surface area contributed by atoms with Gasteiger partial charge in [0.25, 0.3) is 23.2 Å². The van der Waals surface area contributed by atoms with E-state index in [-0.39, 0.29) is 22.5 Å². The third-order valence-electron chi connectivity index (χ3n) is 5.32. The number of nitro benzene ring substituents is 2. The number of nitro groups is 2. The molecule has 0 heterocycles. The molecule has 0 aliphatic rings. The second kappa shape index (κ2) is 10.3. The van der Waals surface area contributed by atoms with Crippen molar-refractivity contribution in [1.82, 2.24) is 0 Å². The largest absolute Gasteiger partial charge is 0.321 e.